The number of unbranched alkanes of at least 4 members (excludes halogenated alkanes) is 1. The van der Waals surface area contributed by atoms with E-state index in [1.165, 1.54) is 35.1 Å². The van der Waals surface area contributed by atoms with Gasteiger partial charge >= 0.3 is 0 Å². The number of benzene rings is 1. The summed E-state index contributed by atoms with van der Waals surface area (Å²) in [6.07, 6.45) is 6.78. The van der Waals surface area contributed by atoms with Crippen molar-refractivity contribution in [3.05, 3.63) is 51.9 Å². The maximum Gasteiger partial charge on any atom is 0.0676 e. The SMILES string of the molecule is C=C(S/C=C(\C)c1ccc2c(c1)C(C)(C)CCC2(C)C)N1CCC(NCCCCO)CC1. The Morgan fingerprint density at radius 1 is 1.12 bits per heavy atom. The summed E-state index contributed by atoms with van der Waals surface area (Å²) in [5.41, 5.74) is 6.21. The molecule has 2 N–H and O–H groups in total. The van der Waals surface area contributed by atoms with Crippen molar-refractivity contribution >= 4 is 17.3 Å². The number of aliphatic hydroxyl groups is 1. The lowest BCUT2D eigenvalue weighted by Gasteiger charge is -2.42. The van der Waals surface area contributed by atoms with Crippen LogP contribution in [0.1, 0.15) is 89.8 Å². The highest BCUT2D eigenvalue weighted by molar-refractivity contribution is 8.05. The van der Waals surface area contributed by atoms with E-state index in [9.17, 15) is 0 Å². The maximum absolute atomic E-state index is 8.91. The van der Waals surface area contributed by atoms with Crippen molar-refractivity contribution in [1.82, 2.24) is 10.2 Å². The molecule has 1 aromatic carbocycles. The molecule has 1 aliphatic carbocycles. The third-order valence-corrected chi connectivity index (χ3v) is 8.55. The molecule has 2 aliphatic rings. The van der Waals surface area contributed by atoms with Crippen molar-refractivity contribution in [2.45, 2.75) is 90.0 Å². The molecule has 1 aromatic rings. The Morgan fingerprint density at radius 3 is 2.44 bits per heavy atom. The Morgan fingerprint density at radius 2 is 1.78 bits per heavy atom. The lowest BCUT2D eigenvalue weighted by atomic mass is 9.63. The number of hydrogen-bond donors (Lipinski definition) is 2. The number of hydrogen-bond acceptors (Lipinski definition) is 4. The number of fused-ring (bicyclic) bond motifs is 1. The van der Waals surface area contributed by atoms with Gasteiger partial charge < -0.3 is 15.3 Å². The van der Waals surface area contributed by atoms with Crippen LogP contribution in [0, 0.1) is 0 Å². The molecule has 1 saturated heterocycles. The lowest BCUT2D eigenvalue weighted by Crippen LogP contribution is -2.41. The molecule has 0 amide bonds. The summed E-state index contributed by atoms with van der Waals surface area (Å²) < 4.78 is 0. The van der Waals surface area contributed by atoms with E-state index in [1.807, 2.05) is 0 Å². The van der Waals surface area contributed by atoms with Gasteiger partial charge in [-0.15, -0.1) is 0 Å². The van der Waals surface area contributed by atoms with Gasteiger partial charge in [0.15, 0.2) is 0 Å². The Balaban J connectivity index is 1.57. The summed E-state index contributed by atoms with van der Waals surface area (Å²) in [7, 11) is 0. The largest absolute Gasteiger partial charge is 0.396 e. The fraction of sp³-hybridized carbons (Fsp3) is 0.643. The zero-order valence-electron chi connectivity index (χ0n) is 21.0. The summed E-state index contributed by atoms with van der Waals surface area (Å²) in [6.45, 7) is 19.6. The predicted molar refractivity (Wildman–Crippen MR) is 141 cm³/mol. The molecule has 1 aliphatic heterocycles. The zero-order valence-corrected chi connectivity index (χ0v) is 21.8. The molecule has 0 bridgehead atoms. The van der Waals surface area contributed by atoms with Crippen molar-refractivity contribution < 1.29 is 5.11 Å². The molecule has 1 fully saturated rings. The molecule has 3 nitrogen and oxygen atoms in total. The van der Waals surface area contributed by atoms with Crippen LogP contribution in [0.5, 0.6) is 0 Å². The van der Waals surface area contributed by atoms with E-state index in [0.29, 0.717) is 12.6 Å². The topological polar surface area (TPSA) is 35.5 Å². The highest BCUT2D eigenvalue weighted by Crippen LogP contribution is 2.46. The summed E-state index contributed by atoms with van der Waals surface area (Å²) in [6, 6.07) is 7.73. The van der Waals surface area contributed by atoms with Gasteiger partial charge in [-0.2, -0.15) is 0 Å². The molecule has 0 atom stereocenters. The molecule has 0 radical (unpaired) electrons. The van der Waals surface area contributed by atoms with E-state index in [4.69, 9.17) is 5.11 Å². The van der Waals surface area contributed by atoms with Gasteiger partial charge in [0.05, 0.1) is 5.03 Å². The van der Waals surface area contributed by atoms with Crippen LogP contribution in [0.3, 0.4) is 0 Å². The molecule has 4 heteroatoms. The smallest absolute Gasteiger partial charge is 0.0676 e. The molecule has 0 spiro atoms. The Bertz CT molecular complexity index is 819. The second-order valence-corrected chi connectivity index (χ2v) is 11.9. The molecule has 0 aromatic heterocycles. The van der Waals surface area contributed by atoms with Crippen molar-refractivity contribution in [2.75, 3.05) is 26.2 Å². The van der Waals surface area contributed by atoms with Crippen molar-refractivity contribution in [3.63, 3.8) is 0 Å². The minimum atomic E-state index is 0.244. The van der Waals surface area contributed by atoms with Crippen LogP contribution in [-0.2, 0) is 10.8 Å². The number of rotatable bonds is 9. The molecule has 32 heavy (non-hydrogen) atoms. The molecule has 0 saturated carbocycles. The third-order valence-electron chi connectivity index (χ3n) is 7.55. The van der Waals surface area contributed by atoms with E-state index in [0.717, 1.165) is 50.3 Å². The van der Waals surface area contributed by atoms with Crippen molar-refractivity contribution in [1.29, 1.82) is 0 Å². The fourth-order valence-electron chi connectivity index (χ4n) is 5.01. The van der Waals surface area contributed by atoms with Gasteiger partial charge in [0.1, 0.15) is 0 Å². The molecular formula is C28H44N2OS. The monoisotopic (exact) mass is 456 g/mol. The molecule has 3 rings (SSSR count). The van der Waals surface area contributed by atoms with Gasteiger partial charge in [-0.05, 0) is 90.5 Å². The molecular weight excluding hydrogens is 412 g/mol. The number of allylic oxidation sites excluding steroid dienone is 1. The number of likely N-dealkylation sites (tertiary alicyclic amines) is 1. The number of thioether (sulfide) groups is 1. The summed E-state index contributed by atoms with van der Waals surface area (Å²) in [5, 5.41) is 16.0. The minimum Gasteiger partial charge on any atom is -0.396 e. The standard InChI is InChI=1S/C28H44N2OS/c1-21(23-9-10-25-26(19-23)28(5,6)14-13-27(25,3)4)20-32-22(2)30-16-11-24(12-17-30)29-15-7-8-18-31/h9-10,19-20,24,29,31H,2,7-8,11-18H2,1,3-6H3/b21-20+. The second kappa shape index (κ2) is 10.8. The van der Waals surface area contributed by atoms with Gasteiger partial charge in [-0.1, -0.05) is 64.2 Å². The van der Waals surface area contributed by atoms with Crippen LogP contribution >= 0.6 is 11.8 Å². The zero-order chi connectivity index (χ0) is 23.4. The lowest BCUT2D eigenvalue weighted by molar-refractivity contribution is 0.249. The van der Waals surface area contributed by atoms with E-state index in [2.05, 4.69) is 75.0 Å². The second-order valence-electron chi connectivity index (χ2n) is 11.0. The van der Waals surface area contributed by atoms with Crippen molar-refractivity contribution in [3.8, 4) is 0 Å². The first-order valence-corrected chi connectivity index (χ1v) is 13.3. The van der Waals surface area contributed by atoms with E-state index in [-0.39, 0.29) is 10.8 Å². The fourth-order valence-corrected chi connectivity index (χ4v) is 5.79. The van der Waals surface area contributed by atoms with Crippen LogP contribution in [0.4, 0.5) is 0 Å². The first kappa shape index (κ1) is 25.4. The summed E-state index contributed by atoms with van der Waals surface area (Å²) in [5.74, 6) is 0. The Kier molecular flexibility index (Phi) is 8.57. The van der Waals surface area contributed by atoms with Gasteiger partial charge in [-0.3, -0.25) is 0 Å². The first-order chi connectivity index (χ1) is 15.1. The van der Waals surface area contributed by atoms with E-state index in [1.54, 1.807) is 11.8 Å². The number of aliphatic hydroxyl groups excluding tert-OH is 1. The van der Waals surface area contributed by atoms with Gasteiger partial charge in [0.25, 0.3) is 0 Å². The number of piperidine rings is 1. The summed E-state index contributed by atoms with van der Waals surface area (Å²) >= 11 is 1.77. The maximum atomic E-state index is 8.91. The highest BCUT2D eigenvalue weighted by Gasteiger charge is 2.36. The first-order valence-electron chi connectivity index (χ1n) is 12.4. The van der Waals surface area contributed by atoms with Gasteiger partial charge in [-0.25, -0.2) is 0 Å². The average Bonchev–Trinajstić information content (AvgIpc) is 2.78. The highest BCUT2D eigenvalue weighted by atomic mass is 32.2. The van der Waals surface area contributed by atoms with E-state index < -0.39 is 0 Å². The van der Waals surface area contributed by atoms with E-state index >= 15 is 0 Å². The summed E-state index contributed by atoms with van der Waals surface area (Å²) in [4.78, 5) is 2.43. The number of nitrogens with one attached hydrogen (secondary N) is 1. The molecule has 0 unspecified atom stereocenters. The van der Waals surface area contributed by atoms with Crippen molar-refractivity contribution in [2.24, 2.45) is 0 Å². The normalized spacial score (nSPS) is 20.8. The molecule has 1 heterocycles. The van der Waals surface area contributed by atoms with Crippen LogP contribution < -0.4 is 5.32 Å². The van der Waals surface area contributed by atoms with Crippen LogP contribution in [0.15, 0.2) is 35.2 Å². The average molecular weight is 457 g/mol. The third kappa shape index (κ3) is 6.21. The van der Waals surface area contributed by atoms with Gasteiger partial charge in [0, 0.05) is 25.7 Å². The predicted octanol–water partition coefficient (Wildman–Crippen LogP) is 6.43. The Hall–Kier alpha value is -1.23. The molecule has 178 valence electrons. The van der Waals surface area contributed by atoms with Crippen LogP contribution in [0.2, 0.25) is 0 Å². The number of nitrogens with zero attached hydrogens (tertiary/aromatic N) is 1. The quantitative estimate of drug-likeness (QED) is 0.420. The minimum absolute atomic E-state index is 0.244. The Labute approximate surface area is 200 Å². The van der Waals surface area contributed by atoms with Crippen LogP contribution in [-0.4, -0.2) is 42.3 Å². The van der Waals surface area contributed by atoms with Gasteiger partial charge in [0.2, 0.25) is 0 Å². The van der Waals surface area contributed by atoms with Crippen LogP contribution in [0.25, 0.3) is 5.57 Å².